The van der Waals surface area contributed by atoms with Crippen LogP contribution in [0.25, 0.3) is 11.4 Å². The molecule has 2 rings (SSSR count). The van der Waals surface area contributed by atoms with E-state index in [2.05, 4.69) is 30.6 Å². The highest BCUT2D eigenvalue weighted by molar-refractivity contribution is 9.10. The number of nitrogens with two attached hydrogens (primary N) is 1. The second-order valence-corrected chi connectivity index (χ2v) is 4.89. The first kappa shape index (κ1) is 13.8. The molecule has 0 aliphatic carbocycles. The van der Waals surface area contributed by atoms with E-state index in [-0.39, 0.29) is 16.5 Å². The Bertz CT molecular complexity index is 632. The van der Waals surface area contributed by atoms with Crippen LogP contribution in [0.15, 0.2) is 28.7 Å². The number of carbonyl (C=O) groups excluding carboxylic acids is 1. The summed E-state index contributed by atoms with van der Waals surface area (Å²) in [5.41, 5.74) is 6.35. The summed E-state index contributed by atoms with van der Waals surface area (Å²) in [6.07, 6.45) is 0. The molecule has 1 aromatic carbocycles. The Labute approximate surface area is 122 Å². The smallest absolute Gasteiger partial charge is 0.358 e. The molecule has 0 aliphatic rings. The molecule has 19 heavy (non-hydrogen) atoms. The van der Waals surface area contributed by atoms with Crippen molar-refractivity contribution in [1.82, 2.24) is 9.97 Å². The van der Waals surface area contributed by atoms with Gasteiger partial charge in [0.1, 0.15) is 10.8 Å². The lowest BCUT2D eigenvalue weighted by molar-refractivity contribution is 0.0594. The average molecular weight is 343 g/mol. The van der Waals surface area contributed by atoms with Gasteiger partial charge in [-0.15, -0.1) is 0 Å². The van der Waals surface area contributed by atoms with Gasteiger partial charge >= 0.3 is 5.97 Å². The molecular formula is C12H9BrClN3O2. The second kappa shape index (κ2) is 5.54. The van der Waals surface area contributed by atoms with Gasteiger partial charge in [0.2, 0.25) is 0 Å². The zero-order chi connectivity index (χ0) is 14.0. The molecule has 0 aliphatic heterocycles. The maximum Gasteiger partial charge on any atom is 0.358 e. The Morgan fingerprint density at radius 1 is 1.32 bits per heavy atom. The predicted molar refractivity (Wildman–Crippen MR) is 75.9 cm³/mol. The topological polar surface area (TPSA) is 78.1 Å². The van der Waals surface area contributed by atoms with Crippen molar-refractivity contribution in [2.24, 2.45) is 0 Å². The van der Waals surface area contributed by atoms with E-state index in [1.54, 1.807) is 12.1 Å². The third-order valence-electron chi connectivity index (χ3n) is 2.36. The van der Waals surface area contributed by atoms with Gasteiger partial charge in [0, 0.05) is 10.0 Å². The number of methoxy groups -OCH3 is 1. The number of nitrogen functional groups attached to an aromatic ring is 1. The first-order valence-electron chi connectivity index (χ1n) is 5.20. The van der Waals surface area contributed by atoms with E-state index in [9.17, 15) is 4.79 Å². The number of halogens is 2. The van der Waals surface area contributed by atoms with Gasteiger partial charge < -0.3 is 10.5 Å². The summed E-state index contributed by atoms with van der Waals surface area (Å²) in [4.78, 5) is 19.7. The van der Waals surface area contributed by atoms with Gasteiger partial charge in [-0.2, -0.15) is 0 Å². The average Bonchev–Trinajstić information content (AvgIpc) is 2.41. The molecule has 5 nitrogen and oxygen atoms in total. The highest BCUT2D eigenvalue weighted by Crippen LogP contribution is 2.26. The van der Waals surface area contributed by atoms with E-state index in [4.69, 9.17) is 17.3 Å². The van der Waals surface area contributed by atoms with Crippen molar-refractivity contribution >= 4 is 39.3 Å². The van der Waals surface area contributed by atoms with Crippen LogP contribution in [0.3, 0.4) is 0 Å². The highest BCUT2D eigenvalue weighted by Gasteiger charge is 2.18. The highest BCUT2D eigenvalue weighted by atomic mass is 79.9. The van der Waals surface area contributed by atoms with Gasteiger partial charge in [-0.3, -0.25) is 0 Å². The Morgan fingerprint density at radius 2 is 1.95 bits per heavy atom. The first-order chi connectivity index (χ1) is 9.02. The third-order valence-corrected chi connectivity index (χ3v) is 3.26. The number of hydrogen-bond donors (Lipinski definition) is 1. The summed E-state index contributed by atoms with van der Waals surface area (Å²) in [5, 5.41) is -0.00675. The molecule has 0 bridgehead atoms. The fraction of sp³-hybridized carbons (Fsp3) is 0.0833. The molecule has 7 heteroatoms. The Balaban J connectivity index is 2.56. The number of hydrogen-bond acceptors (Lipinski definition) is 5. The molecule has 2 aromatic rings. The molecule has 0 spiro atoms. The van der Waals surface area contributed by atoms with Crippen LogP contribution < -0.4 is 5.73 Å². The van der Waals surface area contributed by atoms with E-state index in [1.165, 1.54) is 7.11 Å². The number of rotatable bonds is 2. The van der Waals surface area contributed by atoms with Gasteiger partial charge in [-0.1, -0.05) is 39.7 Å². The minimum absolute atomic E-state index is 0.00675. The van der Waals surface area contributed by atoms with Crippen molar-refractivity contribution < 1.29 is 9.53 Å². The van der Waals surface area contributed by atoms with Crippen molar-refractivity contribution in [2.45, 2.75) is 0 Å². The molecule has 0 fully saturated rings. The van der Waals surface area contributed by atoms with Crippen LogP contribution >= 0.6 is 27.5 Å². The van der Waals surface area contributed by atoms with Gasteiger partial charge in [-0.05, 0) is 12.1 Å². The van der Waals surface area contributed by atoms with Crippen LogP contribution in [-0.4, -0.2) is 23.0 Å². The molecule has 1 aromatic heterocycles. The molecule has 98 valence electrons. The zero-order valence-electron chi connectivity index (χ0n) is 9.85. The van der Waals surface area contributed by atoms with E-state index in [0.29, 0.717) is 5.82 Å². The van der Waals surface area contributed by atoms with Gasteiger partial charge in [0.25, 0.3) is 0 Å². The Hall–Kier alpha value is -1.66. The number of anilines is 1. The van der Waals surface area contributed by atoms with Gasteiger partial charge in [-0.25, -0.2) is 14.8 Å². The third kappa shape index (κ3) is 2.85. The van der Waals surface area contributed by atoms with Gasteiger partial charge in [0.05, 0.1) is 7.11 Å². The van der Waals surface area contributed by atoms with Gasteiger partial charge in [0.15, 0.2) is 11.5 Å². The van der Waals surface area contributed by atoms with E-state index in [1.807, 2.05) is 12.1 Å². The van der Waals surface area contributed by atoms with Crippen LogP contribution in [0.4, 0.5) is 5.82 Å². The molecule has 0 unspecified atom stereocenters. The summed E-state index contributed by atoms with van der Waals surface area (Å²) in [6, 6.07) is 7.27. The summed E-state index contributed by atoms with van der Waals surface area (Å²) in [7, 11) is 1.25. The summed E-state index contributed by atoms with van der Waals surface area (Å²) < 4.78 is 5.53. The van der Waals surface area contributed by atoms with Crippen LogP contribution in [-0.2, 0) is 4.74 Å². The number of benzene rings is 1. The van der Waals surface area contributed by atoms with Crippen molar-refractivity contribution in [3.8, 4) is 11.4 Å². The summed E-state index contributed by atoms with van der Waals surface area (Å²) in [5.74, 6) is -0.303. The fourth-order valence-corrected chi connectivity index (χ4v) is 1.85. The van der Waals surface area contributed by atoms with E-state index in [0.717, 1.165) is 10.0 Å². The quantitative estimate of drug-likeness (QED) is 0.849. The fourth-order valence-electron chi connectivity index (χ4n) is 1.42. The zero-order valence-corrected chi connectivity index (χ0v) is 12.2. The van der Waals surface area contributed by atoms with Crippen molar-refractivity contribution in [3.05, 3.63) is 39.5 Å². The van der Waals surface area contributed by atoms with E-state index >= 15 is 0 Å². The summed E-state index contributed by atoms with van der Waals surface area (Å²) >= 11 is 9.23. The number of nitrogens with zero attached hydrogens (tertiary/aromatic N) is 2. The molecule has 0 amide bonds. The normalized spacial score (nSPS) is 10.3. The molecule has 0 radical (unpaired) electrons. The lowest BCUT2D eigenvalue weighted by Crippen LogP contribution is -2.09. The van der Waals surface area contributed by atoms with Crippen LogP contribution in [0.5, 0.6) is 0 Å². The maximum atomic E-state index is 11.6. The second-order valence-electron chi connectivity index (χ2n) is 3.59. The van der Waals surface area contributed by atoms with Crippen LogP contribution in [0.1, 0.15) is 10.5 Å². The minimum Gasteiger partial charge on any atom is -0.464 e. The molecule has 0 saturated carbocycles. The lowest BCUT2D eigenvalue weighted by Gasteiger charge is -2.07. The molecule has 0 atom stereocenters. The Morgan fingerprint density at radius 3 is 2.53 bits per heavy atom. The summed E-state index contributed by atoms with van der Waals surface area (Å²) in [6.45, 7) is 0. The SMILES string of the molecule is COC(=O)c1nc(-c2ccc(Br)cc2)nc(N)c1Cl. The lowest BCUT2D eigenvalue weighted by atomic mass is 10.2. The number of ether oxygens (including phenoxy) is 1. The van der Waals surface area contributed by atoms with Crippen molar-refractivity contribution in [3.63, 3.8) is 0 Å². The standard InChI is InChI=1S/C12H9BrClN3O2/c1-19-12(18)9-8(14)10(15)17-11(16-9)6-2-4-7(13)5-3-6/h2-5H,1H3,(H2,15,16,17). The molecule has 0 saturated heterocycles. The van der Waals surface area contributed by atoms with Crippen molar-refractivity contribution in [1.29, 1.82) is 0 Å². The Kier molecular flexibility index (Phi) is 4.01. The minimum atomic E-state index is -0.655. The monoisotopic (exact) mass is 341 g/mol. The predicted octanol–water partition coefficient (Wildman–Crippen LogP) is 2.93. The number of esters is 1. The largest absolute Gasteiger partial charge is 0.464 e. The molecule has 1 heterocycles. The van der Waals surface area contributed by atoms with Crippen LogP contribution in [0.2, 0.25) is 5.02 Å². The molecular weight excluding hydrogens is 334 g/mol. The van der Waals surface area contributed by atoms with Crippen molar-refractivity contribution in [2.75, 3.05) is 12.8 Å². The number of carbonyl (C=O) groups is 1. The maximum absolute atomic E-state index is 11.6. The van der Waals surface area contributed by atoms with Crippen LogP contribution in [0, 0.1) is 0 Å². The first-order valence-corrected chi connectivity index (χ1v) is 6.37. The number of aromatic nitrogens is 2. The molecule has 2 N–H and O–H groups in total. The van der Waals surface area contributed by atoms with E-state index < -0.39 is 5.97 Å².